The molecule has 0 spiro atoms. The van der Waals surface area contributed by atoms with Gasteiger partial charge in [-0.25, -0.2) is 0 Å². The van der Waals surface area contributed by atoms with Crippen molar-refractivity contribution in [3.8, 4) is 0 Å². The number of aliphatic hydroxyl groups is 4. The molecule has 3 amide bonds. The van der Waals surface area contributed by atoms with Gasteiger partial charge in [-0.05, 0) is 24.8 Å². The number of amides is 3. The lowest BCUT2D eigenvalue weighted by Crippen LogP contribution is -2.60. The number of nitrogens with two attached hydrogens (primary N) is 1. The number of benzene rings is 1. The van der Waals surface area contributed by atoms with Gasteiger partial charge in [0.15, 0.2) is 6.10 Å². The number of aliphatic hydroxyl groups excluding tert-OH is 4. The summed E-state index contributed by atoms with van der Waals surface area (Å²) in [6.45, 7) is 4.28. The van der Waals surface area contributed by atoms with Crippen LogP contribution in [0.5, 0.6) is 0 Å². The van der Waals surface area contributed by atoms with Gasteiger partial charge in [-0.2, -0.15) is 0 Å². The lowest BCUT2D eigenvalue weighted by molar-refractivity contribution is -0.145. The monoisotopic (exact) mass is 570 g/mol. The third-order valence-corrected chi connectivity index (χ3v) is 6.30. The molecule has 226 valence electrons. The Morgan fingerprint density at radius 2 is 1.50 bits per heavy atom. The zero-order valence-electron chi connectivity index (χ0n) is 23.1. The highest BCUT2D eigenvalue weighted by Crippen LogP contribution is 2.18. The van der Waals surface area contributed by atoms with Gasteiger partial charge in [-0.3, -0.25) is 19.2 Å². The molecule has 14 heteroatoms. The second-order valence-corrected chi connectivity index (χ2v) is 9.95. The van der Waals surface area contributed by atoms with Crippen LogP contribution in [0.2, 0.25) is 0 Å². The third kappa shape index (κ3) is 10.8. The molecule has 1 aromatic rings. The predicted molar refractivity (Wildman–Crippen MR) is 142 cm³/mol. The summed E-state index contributed by atoms with van der Waals surface area (Å²) in [7, 11) is 1.37. The molecule has 14 nitrogen and oxygen atoms in total. The van der Waals surface area contributed by atoms with Gasteiger partial charge in [-0.15, -0.1) is 0 Å². The van der Waals surface area contributed by atoms with Crippen LogP contribution in [-0.4, -0.2) is 105 Å². The van der Waals surface area contributed by atoms with Crippen LogP contribution in [-0.2, 0) is 23.9 Å². The molecular formula is C26H42N4O10. The van der Waals surface area contributed by atoms with Crippen molar-refractivity contribution in [3.63, 3.8) is 0 Å². The average molecular weight is 571 g/mol. The van der Waals surface area contributed by atoms with Crippen molar-refractivity contribution < 1.29 is 49.4 Å². The molecule has 40 heavy (non-hydrogen) atoms. The van der Waals surface area contributed by atoms with Crippen molar-refractivity contribution in [2.24, 2.45) is 11.7 Å². The molecule has 8 unspecified atom stereocenters. The molecule has 0 heterocycles. The lowest BCUT2D eigenvalue weighted by atomic mass is 9.98. The summed E-state index contributed by atoms with van der Waals surface area (Å²) in [5.41, 5.74) is 6.28. The van der Waals surface area contributed by atoms with E-state index in [-0.39, 0.29) is 12.3 Å². The van der Waals surface area contributed by atoms with E-state index < -0.39 is 85.3 Å². The van der Waals surface area contributed by atoms with Crippen molar-refractivity contribution in [2.45, 2.75) is 82.2 Å². The number of methoxy groups -OCH3 is 1. The average Bonchev–Trinajstić information content (AvgIpc) is 2.92. The van der Waals surface area contributed by atoms with Crippen LogP contribution in [0, 0.1) is 5.92 Å². The van der Waals surface area contributed by atoms with Gasteiger partial charge in [0.05, 0.1) is 31.2 Å². The van der Waals surface area contributed by atoms with Gasteiger partial charge >= 0.3 is 5.97 Å². The van der Waals surface area contributed by atoms with Crippen molar-refractivity contribution in [1.29, 1.82) is 0 Å². The highest BCUT2D eigenvalue weighted by Gasteiger charge is 2.38. The maximum Gasteiger partial charge on any atom is 0.305 e. The summed E-state index contributed by atoms with van der Waals surface area (Å²) in [5, 5.41) is 57.6. The zero-order chi connectivity index (χ0) is 30.6. The first-order chi connectivity index (χ1) is 18.7. The van der Waals surface area contributed by atoms with Crippen molar-refractivity contribution in [3.05, 3.63) is 35.9 Å². The van der Waals surface area contributed by atoms with Crippen molar-refractivity contribution in [2.75, 3.05) is 13.7 Å². The Morgan fingerprint density at radius 1 is 0.900 bits per heavy atom. The molecule has 1 aromatic carbocycles. The Hall–Kier alpha value is -3.14. The highest BCUT2D eigenvalue weighted by atomic mass is 16.5. The number of rotatable bonds is 17. The van der Waals surface area contributed by atoms with Gasteiger partial charge in [0.25, 0.3) is 5.91 Å². The van der Waals surface area contributed by atoms with Crippen LogP contribution in [0.25, 0.3) is 0 Å². The summed E-state index contributed by atoms with van der Waals surface area (Å²) in [4.78, 5) is 49.4. The molecule has 10 N–H and O–H groups in total. The molecular weight excluding hydrogens is 528 g/mol. The molecule has 0 bridgehead atoms. The molecule has 0 radical (unpaired) electrons. The van der Waals surface area contributed by atoms with Gasteiger partial charge in [-0.1, -0.05) is 44.2 Å². The van der Waals surface area contributed by atoms with Gasteiger partial charge in [0.2, 0.25) is 11.8 Å². The van der Waals surface area contributed by atoms with Gasteiger partial charge in [0, 0.05) is 7.11 Å². The highest BCUT2D eigenvalue weighted by molar-refractivity contribution is 5.90. The molecule has 0 saturated heterocycles. The number of aliphatic carboxylic acids is 1. The Balaban J connectivity index is 2.96. The normalized spacial score (nSPS) is 17.4. The Bertz CT molecular complexity index is 964. The van der Waals surface area contributed by atoms with Crippen LogP contribution >= 0.6 is 0 Å². The van der Waals surface area contributed by atoms with Crippen LogP contribution in [0.15, 0.2) is 30.3 Å². The topological polar surface area (TPSA) is 241 Å². The lowest BCUT2D eigenvalue weighted by Gasteiger charge is -2.31. The van der Waals surface area contributed by atoms with E-state index in [1.807, 2.05) is 0 Å². The second-order valence-electron chi connectivity index (χ2n) is 9.95. The van der Waals surface area contributed by atoms with Crippen molar-refractivity contribution in [1.82, 2.24) is 16.0 Å². The Labute approximate surface area is 232 Å². The molecule has 0 aliphatic rings. The van der Waals surface area contributed by atoms with Gasteiger partial charge in [0.1, 0.15) is 24.3 Å². The summed E-state index contributed by atoms with van der Waals surface area (Å²) < 4.78 is 5.04. The van der Waals surface area contributed by atoms with Crippen LogP contribution in [0.3, 0.4) is 0 Å². The Morgan fingerprint density at radius 3 is 2.00 bits per heavy atom. The molecule has 0 aliphatic carbocycles. The number of hydrogen-bond acceptors (Lipinski definition) is 10. The number of ether oxygens (including phenoxy) is 1. The summed E-state index contributed by atoms with van der Waals surface area (Å²) in [6, 6.07) is 3.27. The number of carbonyl (C=O) groups is 4. The first kappa shape index (κ1) is 34.9. The fourth-order valence-electron chi connectivity index (χ4n) is 3.80. The maximum absolute atomic E-state index is 13.0. The minimum absolute atomic E-state index is 0.0657. The van der Waals surface area contributed by atoms with Crippen LogP contribution < -0.4 is 21.7 Å². The number of carboxylic acids is 1. The molecule has 0 aliphatic heterocycles. The zero-order valence-corrected chi connectivity index (χ0v) is 23.1. The summed E-state index contributed by atoms with van der Waals surface area (Å²) in [5.74, 6) is -3.96. The smallest absolute Gasteiger partial charge is 0.305 e. The molecule has 0 aromatic heterocycles. The molecule has 0 fully saturated rings. The van der Waals surface area contributed by atoms with Crippen LogP contribution in [0.1, 0.15) is 45.2 Å². The van der Waals surface area contributed by atoms with E-state index in [2.05, 4.69) is 16.0 Å². The second kappa shape index (κ2) is 16.8. The SMILES string of the molecule is COC(C)C(N)C(=O)NC(CC(C)C)C(=O)NC(CO)C(O)C(O)C(O)C(=O)NC(CC(=O)O)c1ccccc1. The molecule has 1 rings (SSSR count). The van der Waals surface area contributed by atoms with E-state index >= 15 is 0 Å². The maximum atomic E-state index is 13.0. The molecule has 8 atom stereocenters. The fourth-order valence-corrected chi connectivity index (χ4v) is 3.80. The predicted octanol–water partition coefficient (Wildman–Crippen LogP) is -2.23. The van der Waals surface area contributed by atoms with E-state index in [0.717, 1.165) is 0 Å². The number of carboxylic acid groups (broad SMARTS) is 1. The van der Waals surface area contributed by atoms with E-state index in [9.17, 15) is 44.7 Å². The largest absolute Gasteiger partial charge is 0.481 e. The minimum atomic E-state index is -2.25. The summed E-state index contributed by atoms with van der Waals surface area (Å²) in [6.07, 6.45) is -7.47. The number of nitrogens with one attached hydrogen (secondary N) is 3. The number of hydrogen-bond donors (Lipinski definition) is 9. The first-order valence-electron chi connectivity index (χ1n) is 12.8. The van der Waals surface area contributed by atoms with Crippen LogP contribution in [0.4, 0.5) is 0 Å². The van der Waals surface area contributed by atoms with E-state index in [0.29, 0.717) is 5.56 Å². The first-order valence-corrected chi connectivity index (χ1v) is 12.8. The fraction of sp³-hybridized carbons (Fsp3) is 0.615. The standard InChI is InChI=1S/C26H42N4O10/c1-13(2)10-17(29-25(38)20(27)14(3)40-4)24(37)30-18(12-31)21(34)22(35)23(36)26(39)28-16(11-19(32)33)15-8-6-5-7-9-15/h5-9,13-14,16-18,20-23,31,34-36H,10-12,27H2,1-4H3,(H,28,39)(H,29,38)(H,30,37)(H,32,33). The van der Waals surface area contributed by atoms with E-state index in [4.69, 9.17) is 10.5 Å². The number of carbonyl (C=O) groups excluding carboxylic acids is 3. The minimum Gasteiger partial charge on any atom is -0.481 e. The van der Waals surface area contributed by atoms with Gasteiger partial charge < -0.3 is 52.0 Å². The summed E-state index contributed by atoms with van der Waals surface area (Å²) >= 11 is 0. The molecule has 0 saturated carbocycles. The van der Waals surface area contributed by atoms with E-state index in [1.165, 1.54) is 7.11 Å². The van der Waals surface area contributed by atoms with E-state index in [1.54, 1.807) is 51.1 Å². The van der Waals surface area contributed by atoms with Crippen molar-refractivity contribution >= 4 is 23.7 Å². The Kier molecular flexibility index (Phi) is 14.7. The quantitative estimate of drug-likeness (QED) is 0.0971. The third-order valence-electron chi connectivity index (χ3n) is 6.30.